The second kappa shape index (κ2) is 10.3. The van der Waals surface area contributed by atoms with Crippen molar-refractivity contribution in [2.24, 2.45) is 0 Å². The number of rotatable bonds is 6. The van der Waals surface area contributed by atoms with Crippen LogP contribution in [0.15, 0.2) is 35.5 Å². The summed E-state index contributed by atoms with van der Waals surface area (Å²) in [5.41, 5.74) is 1.83. The third kappa shape index (κ3) is 6.33. The van der Waals surface area contributed by atoms with Crippen LogP contribution in [0.2, 0.25) is 5.15 Å². The first kappa shape index (κ1) is 23.3. The summed E-state index contributed by atoms with van der Waals surface area (Å²) in [7, 11) is 0. The van der Waals surface area contributed by atoms with E-state index in [0.717, 1.165) is 5.56 Å². The van der Waals surface area contributed by atoms with Gasteiger partial charge in [-0.05, 0) is 39.8 Å². The monoisotopic (exact) mass is 461 g/mol. The number of aromatic nitrogens is 2. The highest BCUT2D eigenvalue weighted by atomic mass is 35.5. The Bertz CT molecular complexity index is 938. The highest BCUT2D eigenvalue weighted by Crippen LogP contribution is 2.24. The number of benzene rings is 1. The summed E-state index contributed by atoms with van der Waals surface area (Å²) in [6, 6.07) is 9.49. The van der Waals surface area contributed by atoms with Crippen LogP contribution in [0.4, 0.5) is 5.82 Å². The first-order valence-corrected chi connectivity index (χ1v) is 11.7. The van der Waals surface area contributed by atoms with Crippen molar-refractivity contribution in [2.45, 2.75) is 44.9 Å². The Labute approximate surface area is 192 Å². The SMILES string of the molecule is Cc1ccc(C(=O)N2CCN(c3cc(Cl)nc(SCC(=O)NC(C)C)n3)CC2C)cc1. The molecule has 31 heavy (non-hydrogen) atoms. The van der Waals surface area contributed by atoms with E-state index in [9.17, 15) is 9.59 Å². The predicted molar refractivity (Wildman–Crippen MR) is 125 cm³/mol. The average Bonchev–Trinajstić information content (AvgIpc) is 2.71. The van der Waals surface area contributed by atoms with E-state index in [0.29, 0.717) is 41.3 Å². The molecule has 7 nitrogen and oxygen atoms in total. The van der Waals surface area contributed by atoms with Crippen molar-refractivity contribution in [3.05, 3.63) is 46.6 Å². The molecule has 2 heterocycles. The number of halogens is 1. The van der Waals surface area contributed by atoms with Gasteiger partial charge in [-0.15, -0.1) is 0 Å². The summed E-state index contributed by atoms with van der Waals surface area (Å²) in [6.45, 7) is 9.76. The van der Waals surface area contributed by atoms with Gasteiger partial charge in [0, 0.05) is 43.3 Å². The van der Waals surface area contributed by atoms with E-state index in [1.807, 2.05) is 56.9 Å². The lowest BCUT2D eigenvalue weighted by Gasteiger charge is -2.40. The van der Waals surface area contributed by atoms with Crippen LogP contribution in [0.1, 0.15) is 36.7 Å². The van der Waals surface area contributed by atoms with Crippen molar-refractivity contribution in [3.63, 3.8) is 0 Å². The molecular weight excluding hydrogens is 434 g/mol. The van der Waals surface area contributed by atoms with Crippen molar-refractivity contribution in [2.75, 3.05) is 30.3 Å². The van der Waals surface area contributed by atoms with Crippen LogP contribution in [0.5, 0.6) is 0 Å². The molecule has 1 N–H and O–H groups in total. The first-order chi connectivity index (χ1) is 14.7. The van der Waals surface area contributed by atoms with Crippen molar-refractivity contribution < 1.29 is 9.59 Å². The molecule has 9 heteroatoms. The van der Waals surface area contributed by atoms with E-state index in [2.05, 4.69) is 20.2 Å². The maximum atomic E-state index is 12.9. The molecule has 1 aromatic heterocycles. The number of aryl methyl sites for hydroxylation is 1. The minimum atomic E-state index is -0.0676. The average molecular weight is 462 g/mol. The molecule has 0 aliphatic carbocycles. The molecule has 0 spiro atoms. The lowest BCUT2D eigenvalue weighted by Crippen LogP contribution is -2.54. The Morgan fingerprint density at radius 2 is 1.94 bits per heavy atom. The third-order valence-electron chi connectivity index (χ3n) is 4.95. The van der Waals surface area contributed by atoms with Gasteiger partial charge >= 0.3 is 0 Å². The van der Waals surface area contributed by atoms with Crippen LogP contribution in [-0.4, -0.2) is 64.2 Å². The maximum absolute atomic E-state index is 12.9. The van der Waals surface area contributed by atoms with E-state index in [-0.39, 0.29) is 29.7 Å². The highest BCUT2D eigenvalue weighted by molar-refractivity contribution is 7.99. The van der Waals surface area contributed by atoms with Gasteiger partial charge in [0.05, 0.1) is 5.75 Å². The molecule has 1 unspecified atom stereocenters. The Balaban J connectivity index is 1.65. The number of hydrogen-bond donors (Lipinski definition) is 1. The zero-order valence-corrected chi connectivity index (χ0v) is 19.8. The third-order valence-corrected chi connectivity index (χ3v) is 5.99. The number of hydrogen-bond acceptors (Lipinski definition) is 6. The highest BCUT2D eigenvalue weighted by Gasteiger charge is 2.29. The molecule has 1 aromatic carbocycles. The Hall–Kier alpha value is -2.32. The van der Waals surface area contributed by atoms with Crippen LogP contribution in [0.25, 0.3) is 0 Å². The number of carbonyl (C=O) groups is 2. The van der Waals surface area contributed by atoms with Gasteiger partial charge in [0.25, 0.3) is 5.91 Å². The summed E-state index contributed by atoms with van der Waals surface area (Å²) >= 11 is 7.48. The smallest absolute Gasteiger partial charge is 0.254 e. The number of nitrogens with zero attached hydrogens (tertiary/aromatic N) is 4. The van der Waals surface area contributed by atoms with E-state index < -0.39 is 0 Å². The molecule has 0 bridgehead atoms. The van der Waals surface area contributed by atoms with Gasteiger partial charge in [-0.1, -0.05) is 41.1 Å². The molecule has 0 saturated carbocycles. The Morgan fingerprint density at radius 3 is 2.58 bits per heavy atom. The van der Waals surface area contributed by atoms with E-state index in [4.69, 9.17) is 11.6 Å². The van der Waals surface area contributed by atoms with Gasteiger partial charge < -0.3 is 15.1 Å². The normalized spacial score (nSPS) is 16.5. The number of nitrogens with one attached hydrogen (secondary N) is 1. The van der Waals surface area contributed by atoms with E-state index in [1.165, 1.54) is 11.8 Å². The molecule has 2 aromatic rings. The van der Waals surface area contributed by atoms with Crippen molar-refractivity contribution in [3.8, 4) is 0 Å². The van der Waals surface area contributed by atoms with Gasteiger partial charge in [0.1, 0.15) is 11.0 Å². The zero-order valence-electron chi connectivity index (χ0n) is 18.3. The second-order valence-electron chi connectivity index (χ2n) is 8.00. The predicted octanol–water partition coefficient (Wildman–Crippen LogP) is 3.41. The summed E-state index contributed by atoms with van der Waals surface area (Å²) in [4.78, 5) is 37.7. The Morgan fingerprint density at radius 1 is 1.23 bits per heavy atom. The second-order valence-corrected chi connectivity index (χ2v) is 9.33. The molecule has 1 fully saturated rings. The lowest BCUT2D eigenvalue weighted by atomic mass is 10.1. The van der Waals surface area contributed by atoms with Gasteiger partial charge in [-0.2, -0.15) is 0 Å². The van der Waals surface area contributed by atoms with Crippen LogP contribution >= 0.6 is 23.4 Å². The largest absolute Gasteiger partial charge is 0.353 e. The zero-order chi connectivity index (χ0) is 22.5. The van der Waals surface area contributed by atoms with E-state index in [1.54, 1.807) is 6.07 Å². The van der Waals surface area contributed by atoms with Crippen LogP contribution in [0.3, 0.4) is 0 Å². The summed E-state index contributed by atoms with van der Waals surface area (Å²) in [5, 5.41) is 3.65. The van der Waals surface area contributed by atoms with Crippen molar-refractivity contribution in [1.29, 1.82) is 0 Å². The van der Waals surface area contributed by atoms with Gasteiger partial charge in [0.2, 0.25) is 5.91 Å². The number of carbonyl (C=O) groups excluding carboxylic acids is 2. The van der Waals surface area contributed by atoms with Gasteiger partial charge in [0.15, 0.2) is 5.16 Å². The maximum Gasteiger partial charge on any atom is 0.254 e. The molecule has 1 aliphatic heterocycles. The number of anilines is 1. The Kier molecular flexibility index (Phi) is 7.78. The van der Waals surface area contributed by atoms with Crippen LogP contribution < -0.4 is 10.2 Å². The van der Waals surface area contributed by atoms with Gasteiger partial charge in [-0.3, -0.25) is 9.59 Å². The number of amides is 2. The fourth-order valence-electron chi connectivity index (χ4n) is 3.44. The fraction of sp³-hybridized carbons (Fsp3) is 0.455. The molecular formula is C22H28ClN5O2S. The van der Waals surface area contributed by atoms with E-state index >= 15 is 0 Å². The standard InChI is InChI=1S/C22H28ClN5O2S/c1-14(2)24-20(29)13-31-22-25-18(23)11-19(26-22)27-9-10-28(16(4)12-27)21(30)17-7-5-15(3)6-8-17/h5-8,11,14,16H,9-10,12-13H2,1-4H3,(H,24,29). The molecule has 0 radical (unpaired) electrons. The first-order valence-electron chi connectivity index (χ1n) is 10.3. The minimum Gasteiger partial charge on any atom is -0.353 e. The molecule has 2 amide bonds. The van der Waals surface area contributed by atoms with Crippen LogP contribution in [0, 0.1) is 6.92 Å². The van der Waals surface area contributed by atoms with Crippen LogP contribution in [-0.2, 0) is 4.79 Å². The fourth-order valence-corrected chi connectivity index (χ4v) is 4.33. The summed E-state index contributed by atoms with van der Waals surface area (Å²) in [5.74, 6) is 0.913. The van der Waals surface area contributed by atoms with Gasteiger partial charge in [-0.25, -0.2) is 9.97 Å². The number of thioether (sulfide) groups is 1. The molecule has 1 atom stereocenters. The summed E-state index contributed by atoms with van der Waals surface area (Å²) in [6.07, 6.45) is 0. The summed E-state index contributed by atoms with van der Waals surface area (Å²) < 4.78 is 0. The van der Waals surface area contributed by atoms with Crippen molar-refractivity contribution >= 4 is 41.0 Å². The molecule has 3 rings (SSSR count). The van der Waals surface area contributed by atoms with Crippen molar-refractivity contribution in [1.82, 2.24) is 20.2 Å². The topological polar surface area (TPSA) is 78.4 Å². The molecule has 166 valence electrons. The lowest BCUT2D eigenvalue weighted by molar-refractivity contribution is -0.119. The minimum absolute atomic E-state index is 0.0178. The molecule has 1 aliphatic rings. The quantitative estimate of drug-likeness (QED) is 0.403. The molecule has 1 saturated heterocycles. The number of piperazine rings is 1.